The molecule has 0 aliphatic carbocycles. The van der Waals surface area contributed by atoms with E-state index < -0.39 is 17.6 Å². The number of hydrogen-bond donors (Lipinski definition) is 1. The van der Waals surface area contributed by atoms with Gasteiger partial charge in [0.1, 0.15) is 23.6 Å². The van der Waals surface area contributed by atoms with E-state index in [4.69, 9.17) is 9.47 Å². The van der Waals surface area contributed by atoms with E-state index in [1.165, 1.54) is 25.6 Å². The van der Waals surface area contributed by atoms with Crippen LogP contribution in [0.5, 0.6) is 11.5 Å². The Morgan fingerprint density at radius 1 is 1.18 bits per heavy atom. The van der Waals surface area contributed by atoms with E-state index >= 15 is 0 Å². The molecule has 2 aromatic carbocycles. The fourth-order valence-electron chi connectivity index (χ4n) is 3.42. The topological polar surface area (TPSA) is 65.4 Å². The van der Waals surface area contributed by atoms with E-state index in [1.807, 2.05) is 0 Å². The molecule has 6 nitrogen and oxygen atoms in total. The van der Waals surface area contributed by atoms with Gasteiger partial charge < -0.3 is 14.8 Å². The van der Waals surface area contributed by atoms with Crippen molar-refractivity contribution >= 4 is 11.7 Å². The van der Waals surface area contributed by atoms with Gasteiger partial charge in [-0.15, -0.1) is 0 Å². The van der Waals surface area contributed by atoms with Gasteiger partial charge in [0, 0.05) is 24.0 Å². The molecule has 0 spiro atoms. The number of nitrogens with one attached hydrogen (secondary N) is 1. The Balaban J connectivity index is 1.85. The van der Waals surface area contributed by atoms with Crippen LogP contribution in [0.3, 0.4) is 0 Å². The van der Waals surface area contributed by atoms with Crippen LogP contribution in [-0.2, 0) is 4.79 Å². The Morgan fingerprint density at radius 3 is 2.75 bits per heavy atom. The third-order valence-corrected chi connectivity index (χ3v) is 4.78. The molecule has 1 atom stereocenters. The van der Waals surface area contributed by atoms with Crippen molar-refractivity contribution in [1.82, 2.24) is 9.55 Å². The first kappa shape index (κ1) is 18.0. The van der Waals surface area contributed by atoms with Crippen LogP contribution in [0, 0.1) is 11.6 Å². The van der Waals surface area contributed by atoms with E-state index in [0.29, 0.717) is 28.7 Å². The number of carbonyl (C=O) groups excluding carboxylic acids is 1. The molecule has 1 N–H and O–H groups in total. The van der Waals surface area contributed by atoms with Crippen molar-refractivity contribution in [2.24, 2.45) is 0 Å². The van der Waals surface area contributed by atoms with E-state index in [-0.39, 0.29) is 17.9 Å². The van der Waals surface area contributed by atoms with Crippen LogP contribution >= 0.6 is 0 Å². The lowest BCUT2D eigenvalue weighted by atomic mass is 9.89. The summed E-state index contributed by atoms with van der Waals surface area (Å²) < 4.78 is 40.4. The van der Waals surface area contributed by atoms with Crippen LogP contribution in [0.2, 0.25) is 0 Å². The standard InChI is InChI=1S/C20H17F2N3O3/c1-27-11-6-7-15(16(8-11)28-2)25-10-23-19-13(9-17(26)24-20(19)25)12-4-3-5-14(21)18(12)22/h3-8,10,13H,9H2,1-2H3,(H,24,26)/t13-/m1/s1. The van der Waals surface area contributed by atoms with Crippen molar-refractivity contribution in [3.05, 3.63) is 65.6 Å². The third kappa shape index (κ3) is 2.87. The molecule has 144 valence electrons. The quantitative estimate of drug-likeness (QED) is 0.745. The van der Waals surface area contributed by atoms with Crippen molar-refractivity contribution in [2.75, 3.05) is 19.5 Å². The van der Waals surface area contributed by atoms with Crippen LogP contribution in [-0.4, -0.2) is 29.7 Å². The molecule has 2 heterocycles. The zero-order chi connectivity index (χ0) is 19.8. The van der Waals surface area contributed by atoms with Crippen molar-refractivity contribution in [2.45, 2.75) is 12.3 Å². The summed E-state index contributed by atoms with van der Waals surface area (Å²) in [5.41, 5.74) is 1.18. The molecule has 28 heavy (non-hydrogen) atoms. The fraction of sp³-hybridized carbons (Fsp3) is 0.200. The zero-order valence-corrected chi connectivity index (χ0v) is 15.2. The molecule has 0 radical (unpaired) electrons. The van der Waals surface area contributed by atoms with Gasteiger partial charge in [0.05, 0.1) is 25.6 Å². The fourth-order valence-corrected chi connectivity index (χ4v) is 3.42. The number of halogens is 2. The highest BCUT2D eigenvalue weighted by Gasteiger charge is 2.33. The smallest absolute Gasteiger partial charge is 0.226 e. The number of carbonyl (C=O) groups is 1. The van der Waals surface area contributed by atoms with Crippen LogP contribution < -0.4 is 14.8 Å². The minimum atomic E-state index is -0.968. The predicted octanol–water partition coefficient (Wildman–Crippen LogP) is 3.64. The minimum Gasteiger partial charge on any atom is -0.497 e. The summed E-state index contributed by atoms with van der Waals surface area (Å²) in [6.45, 7) is 0. The summed E-state index contributed by atoms with van der Waals surface area (Å²) in [5, 5.41) is 2.78. The van der Waals surface area contributed by atoms with E-state index in [9.17, 15) is 13.6 Å². The second kappa shape index (κ2) is 6.95. The number of nitrogens with zero attached hydrogens (tertiary/aromatic N) is 2. The highest BCUT2D eigenvalue weighted by atomic mass is 19.2. The van der Waals surface area contributed by atoms with Gasteiger partial charge in [-0.25, -0.2) is 13.8 Å². The van der Waals surface area contributed by atoms with E-state index in [0.717, 1.165) is 6.07 Å². The zero-order valence-electron chi connectivity index (χ0n) is 15.2. The highest BCUT2D eigenvalue weighted by Crippen LogP contribution is 2.40. The van der Waals surface area contributed by atoms with Gasteiger partial charge in [-0.2, -0.15) is 0 Å². The van der Waals surface area contributed by atoms with Crippen LogP contribution in [0.15, 0.2) is 42.7 Å². The number of amides is 1. The average Bonchev–Trinajstić information content (AvgIpc) is 3.12. The van der Waals surface area contributed by atoms with Gasteiger partial charge in [0.25, 0.3) is 0 Å². The lowest BCUT2D eigenvalue weighted by Gasteiger charge is -2.24. The SMILES string of the molecule is COc1ccc(-n2cnc3c2NC(=O)C[C@@H]3c2cccc(F)c2F)c(OC)c1. The first-order chi connectivity index (χ1) is 13.5. The summed E-state index contributed by atoms with van der Waals surface area (Å²) in [5.74, 6) is -1.41. The van der Waals surface area contributed by atoms with Crippen molar-refractivity contribution < 1.29 is 23.0 Å². The largest absolute Gasteiger partial charge is 0.497 e. The van der Waals surface area contributed by atoms with Gasteiger partial charge in [0.15, 0.2) is 11.6 Å². The number of ether oxygens (including phenoxy) is 2. The van der Waals surface area contributed by atoms with Gasteiger partial charge in [-0.1, -0.05) is 12.1 Å². The highest BCUT2D eigenvalue weighted by molar-refractivity contribution is 5.94. The molecule has 3 aromatic rings. The average molecular weight is 385 g/mol. The number of hydrogen-bond acceptors (Lipinski definition) is 4. The molecule has 1 aromatic heterocycles. The number of aromatic nitrogens is 2. The summed E-state index contributed by atoms with van der Waals surface area (Å²) in [7, 11) is 3.07. The molecular formula is C20H17F2N3O3. The monoisotopic (exact) mass is 385 g/mol. The molecule has 1 amide bonds. The predicted molar refractivity (Wildman–Crippen MR) is 98.1 cm³/mol. The van der Waals surface area contributed by atoms with Gasteiger partial charge in [-0.05, 0) is 18.2 Å². The van der Waals surface area contributed by atoms with Gasteiger partial charge in [0.2, 0.25) is 5.91 Å². The maximum atomic E-state index is 14.4. The van der Waals surface area contributed by atoms with Crippen LogP contribution in [0.4, 0.5) is 14.6 Å². The summed E-state index contributed by atoms with van der Waals surface area (Å²) in [4.78, 5) is 16.7. The third-order valence-electron chi connectivity index (χ3n) is 4.78. The summed E-state index contributed by atoms with van der Waals surface area (Å²) in [6, 6.07) is 9.15. The lowest BCUT2D eigenvalue weighted by molar-refractivity contribution is -0.116. The number of anilines is 1. The van der Waals surface area contributed by atoms with Crippen molar-refractivity contribution in [3.63, 3.8) is 0 Å². The van der Waals surface area contributed by atoms with Crippen LogP contribution in [0.1, 0.15) is 23.6 Å². The molecule has 0 fully saturated rings. The second-order valence-electron chi connectivity index (χ2n) is 6.33. The minimum absolute atomic E-state index is 0.0237. The molecule has 8 heteroatoms. The first-order valence-electron chi connectivity index (χ1n) is 8.57. The Labute approximate surface area is 159 Å². The maximum absolute atomic E-state index is 14.4. The van der Waals surface area contributed by atoms with Gasteiger partial charge >= 0.3 is 0 Å². The number of methoxy groups -OCH3 is 2. The number of imidazole rings is 1. The second-order valence-corrected chi connectivity index (χ2v) is 6.33. The molecule has 0 saturated heterocycles. The Hall–Kier alpha value is -3.42. The lowest BCUT2D eigenvalue weighted by Crippen LogP contribution is -2.25. The summed E-state index contributed by atoms with van der Waals surface area (Å²) >= 11 is 0. The molecule has 1 aliphatic rings. The van der Waals surface area contributed by atoms with Crippen LogP contribution in [0.25, 0.3) is 5.69 Å². The maximum Gasteiger partial charge on any atom is 0.226 e. The Kier molecular flexibility index (Phi) is 4.46. The van der Waals surface area contributed by atoms with Gasteiger partial charge in [-0.3, -0.25) is 9.36 Å². The molecule has 0 saturated carbocycles. The number of fused-ring (bicyclic) bond motifs is 1. The summed E-state index contributed by atoms with van der Waals surface area (Å²) in [6.07, 6.45) is 1.49. The molecule has 0 bridgehead atoms. The Bertz CT molecular complexity index is 1060. The Morgan fingerprint density at radius 2 is 2.00 bits per heavy atom. The first-order valence-corrected chi connectivity index (χ1v) is 8.57. The molecule has 0 unspecified atom stereocenters. The normalized spacial score (nSPS) is 15.7. The van der Waals surface area contributed by atoms with E-state index in [2.05, 4.69) is 10.3 Å². The number of benzene rings is 2. The molecular weight excluding hydrogens is 368 g/mol. The van der Waals surface area contributed by atoms with E-state index in [1.54, 1.807) is 29.9 Å². The van der Waals surface area contributed by atoms with Crippen molar-refractivity contribution in [1.29, 1.82) is 0 Å². The molecule has 4 rings (SSSR count). The molecule has 1 aliphatic heterocycles. The number of rotatable bonds is 4. The van der Waals surface area contributed by atoms with Crippen molar-refractivity contribution in [3.8, 4) is 17.2 Å².